The molecule has 1 heterocycles. The molecule has 2 aromatic carbocycles. The number of benzene rings is 2. The van der Waals surface area contributed by atoms with Crippen molar-refractivity contribution in [2.45, 2.75) is 31.2 Å². The molecule has 1 unspecified atom stereocenters. The van der Waals surface area contributed by atoms with Gasteiger partial charge in [-0.1, -0.05) is 48.5 Å². The third kappa shape index (κ3) is 2.83. The standard InChI is InChI=1S/C22H22N4O/c27-21(9-10-26-14-23-13-25-26)24-12-15-11-20-16-5-1-3-7-18(16)22(15)19-8-4-2-6-17(19)20/h1-8,13-15,20,22H,9-12H2,(H,24,27). The number of nitrogens with zero attached hydrogens (tertiary/aromatic N) is 3. The fourth-order valence-electron chi connectivity index (χ4n) is 4.86. The van der Waals surface area contributed by atoms with E-state index in [4.69, 9.17) is 0 Å². The molecule has 0 aliphatic heterocycles. The fourth-order valence-corrected chi connectivity index (χ4v) is 4.86. The second kappa shape index (κ2) is 6.65. The third-order valence-electron chi connectivity index (χ3n) is 6.02. The minimum Gasteiger partial charge on any atom is -0.356 e. The quantitative estimate of drug-likeness (QED) is 0.762. The second-order valence-electron chi connectivity index (χ2n) is 7.50. The summed E-state index contributed by atoms with van der Waals surface area (Å²) in [5.41, 5.74) is 5.81. The van der Waals surface area contributed by atoms with Gasteiger partial charge in [0.15, 0.2) is 0 Å². The van der Waals surface area contributed by atoms with Crippen LogP contribution < -0.4 is 5.32 Å². The molecule has 1 amide bonds. The van der Waals surface area contributed by atoms with Crippen LogP contribution in [0.3, 0.4) is 0 Å². The summed E-state index contributed by atoms with van der Waals surface area (Å²) in [6.45, 7) is 1.29. The summed E-state index contributed by atoms with van der Waals surface area (Å²) in [6.07, 6.45) is 4.66. The van der Waals surface area contributed by atoms with Crippen molar-refractivity contribution >= 4 is 5.91 Å². The van der Waals surface area contributed by atoms with E-state index in [0.29, 0.717) is 30.7 Å². The number of aromatic nitrogens is 3. The lowest BCUT2D eigenvalue weighted by Gasteiger charge is -2.45. The van der Waals surface area contributed by atoms with Gasteiger partial charge in [0.05, 0.1) is 6.54 Å². The smallest absolute Gasteiger partial charge is 0.221 e. The molecule has 136 valence electrons. The summed E-state index contributed by atoms with van der Waals surface area (Å²) in [6, 6.07) is 17.6. The Bertz CT molecular complexity index is 918. The van der Waals surface area contributed by atoms with Crippen LogP contribution in [0.25, 0.3) is 0 Å². The van der Waals surface area contributed by atoms with Gasteiger partial charge >= 0.3 is 0 Å². The molecule has 0 radical (unpaired) electrons. The van der Waals surface area contributed by atoms with E-state index >= 15 is 0 Å². The first-order valence-electron chi connectivity index (χ1n) is 9.58. The van der Waals surface area contributed by atoms with Gasteiger partial charge in [-0.15, -0.1) is 0 Å². The number of fused-ring (bicyclic) bond motifs is 1. The lowest BCUT2D eigenvalue weighted by Crippen LogP contribution is -2.39. The summed E-state index contributed by atoms with van der Waals surface area (Å²) < 4.78 is 1.69. The van der Waals surface area contributed by atoms with Crippen molar-refractivity contribution < 1.29 is 4.79 Å². The number of hydrogen-bond donors (Lipinski definition) is 1. The third-order valence-corrected chi connectivity index (χ3v) is 6.02. The summed E-state index contributed by atoms with van der Waals surface area (Å²) in [4.78, 5) is 16.2. The Balaban J connectivity index is 1.32. The van der Waals surface area contributed by atoms with Gasteiger partial charge < -0.3 is 5.32 Å². The maximum absolute atomic E-state index is 12.3. The number of rotatable bonds is 5. The van der Waals surface area contributed by atoms with Gasteiger partial charge in [-0.05, 0) is 34.6 Å². The van der Waals surface area contributed by atoms with Crippen LogP contribution in [-0.4, -0.2) is 27.2 Å². The molecule has 3 aliphatic carbocycles. The van der Waals surface area contributed by atoms with E-state index in [1.807, 2.05) is 0 Å². The van der Waals surface area contributed by atoms with Gasteiger partial charge in [0.2, 0.25) is 5.91 Å². The molecule has 3 aromatic rings. The molecule has 0 saturated heterocycles. The van der Waals surface area contributed by atoms with E-state index in [-0.39, 0.29) is 5.91 Å². The summed E-state index contributed by atoms with van der Waals surface area (Å²) >= 11 is 0. The number of carbonyl (C=O) groups is 1. The second-order valence-corrected chi connectivity index (χ2v) is 7.50. The molecule has 0 saturated carbocycles. The summed E-state index contributed by atoms with van der Waals surface area (Å²) in [5.74, 6) is 1.33. The highest BCUT2D eigenvalue weighted by Gasteiger charge is 2.42. The first-order chi connectivity index (χ1) is 13.3. The highest BCUT2D eigenvalue weighted by Crippen LogP contribution is 2.55. The Labute approximate surface area is 158 Å². The minimum atomic E-state index is 0.0773. The SMILES string of the molecule is O=C(CCn1cncn1)NCC1CC2c3ccccc3C1c1ccccc12. The molecule has 27 heavy (non-hydrogen) atoms. The zero-order valence-corrected chi connectivity index (χ0v) is 15.1. The van der Waals surface area contributed by atoms with E-state index < -0.39 is 0 Å². The predicted molar refractivity (Wildman–Crippen MR) is 102 cm³/mol. The van der Waals surface area contributed by atoms with Gasteiger partial charge in [0.25, 0.3) is 0 Å². The van der Waals surface area contributed by atoms with Crippen molar-refractivity contribution in [3.63, 3.8) is 0 Å². The minimum absolute atomic E-state index is 0.0773. The van der Waals surface area contributed by atoms with Gasteiger partial charge in [-0.25, -0.2) is 4.98 Å². The van der Waals surface area contributed by atoms with E-state index in [1.54, 1.807) is 11.0 Å². The summed E-state index contributed by atoms with van der Waals surface area (Å²) in [5, 5.41) is 7.21. The Morgan fingerprint density at radius 2 is 1.70 bits per heavy atom. The fraction of sp³-hybridized carbons (Fsp3) is 0.318. The Morgan fingerprint density at radius 1 is 1.04 bits per heavy atom. The van der Waals surface area contributed by atoms with Crippen LogP contribution >= 0.6 is 0 Å². The maximum Gasteiger partial charge on any atom is 0.221 e. The van der Waals surface area contributed by atoms with Crippen LogP contribution in [-0.2, 0) is 11.3 Å². The van der Waals surface area contributed by atoms with Crippen molar-refractivity contribution in [3.8, 4) is 0 Å². The largest absolute Gasteiger partial charge is 0.356 e. The van der Waals surface area contributed by atoms with Gasteiger partial charge in [-0.2, -0.15) is 5.10 Å². The van der Waals surface area contributed by atoms with Crippen LogP contribution in [0.5, 0.6) is 0 Å². The highest BCUT2D eigenvalue weighted by molar-refractivity contribution is 5.75. The number of carbonyl (C=O) groups excluding carboxylic acids is 1. The number of hydrogen-bond acceptors (Lipinski definition) is 3. The highest BCUT2D eigenvalue weighted by atomic mass is 16.1. The van der Waals surface area contributed by atoms with Crippen LogP contribution in [0.4, 0.5) is 0 Å². The summed E-state index contributed by atoms with van der Waals surface area (Å²) in [7, 11) is 0. The van der Waals surface area contributed by atoms with E-state index in [0.717, 1.165) is 13.0 Å². The maximum atomic E-state index is 12.3. The molecule has 2 bridgehead atoms. The van der Waals surface area contributed by atoms with Crippen molar-refractivity contribution in [2.75, 3.05) is 6.54 Å². The first-order valence-corrected chi connectivity index (χ1v) is 9.58. The molecule has 0 spiro atoms. The van der Waals surface area contributed by atoms with Crippen LogP contribution in [0.2, 0.25) is 0 Å². The molecule has 1 N–H and O–H groups in total. The van der Waals surface area contributed by atoms with E-state index in [1.165, 1.54) is 28.6 Å². The van der Waals surface area contributed by atoms with E-state index in [9.17, 15) is 4.79 Å². The molecule has 1 atom stereocenters. The van der Waals surface area contributed by atoms with Crippen LogP contribution in [0.1, 0.15) is 46.9 Å². The molecule has 5 nitrogen and oxygen atoms in total. The lowest BCUT2D eigenvalue weighted by molar-refractivity contribution is -0.121. The van der Waals surface area contributed by atoms with Crippen LogP contribution in [0.15, 0.2) is 61.2 Å². The Morgan fingerprint density at radius 3 is 2.33 bits per heavy atom. The number of aryl methyl sites for hydroxylation is 1. The normalized spacial score (nSPS) is 22.1. The predicted octanol–water partition coefficient (Wildman–Crippen LogP) is 3.08. The Hall–Kier alpha value is -2.95. The van der Waals surface area contributed by atoms with Gasteiger partial charge in [0, 0.05) is 24.8 Å². The Kier molecular flexibility index (Phi) is 4.00. The molecule has 1 aromatic heterocycles. The average molecular weight is 358 g/mol. The molecule has 6 rings (SSSR count). The number of amides is 1. The van der Waals surface area contributed by atoms with Crippen molar-refractivity contribution in [1.82, 2.24) is 20.1 Å². The monoisotopic (exact) mass is 358 g/mol. The first kappa shape index (κ1) is 16.2. The zero-order chi connectivity index (χ0) is 18.2. The van der Waals surface area contributed by atoms with Crippen LogP contribution in [0, 0.1) is 5.92 Å². The van der Waals surface area contributed by atoms with Crippen molar-refractivity contribution in [2.24, 2.45) is 5.92 Å². The average Bonchev–Trinajstić information content (AvgIpc) is 3.24. The van der Waals surface area contributed by atoms with Crippen molar-refractivity contribution in [3.05, 3.63) is 83.4 Å². The molecule has 0 fully saturated rings. The topological polar surface area (TPSA) is 59.8 Å². The van der Waals surface area contributed by atoms with Crippen molar-refractivity contribution in [1.29, 1.82) is 0 Å². The van der Waals surface area contributed by atoms with Gasteiger partial charge in [0.1, 0.15) is 12.7 Å². The lowest BCUT2D eigenvalue weighted by atomic mass is 9.59. The van der Waals surface area contributed by atoms with Gasteiger partial charge in [-0.3, -0.25) is 9.48 Å². The molecule has 3 aliphatic rings. The van der Waals surface area contributed by atoms with E-state index in [2.05, 4.69) is 63.9 Å². The molecule has 5 heteroatoms. The molecular formula is C22H22N4O. The zero-order valence-electron chi connectivity index (χ0n) is 15.1. The molecular weight excluding hydrogens is 336 g/mol. The number of nitrogens with one attached hydrogen (secondary N) is 1.